The number of amides is 1. The second-order valence-corrected chi connectivity index (χ2v) is 4.04. The van der Waals surface area contributed by atoms with Crippen molar-refractivity contribution in [2.75, 3.05) is 7.11 Å². The zero-order chi connectivity index (χ0) is 15.6. The molecule has 0 aliphatic carbocycles. The van der Waals surface area contributed by atoms with Crippen molar-refractivity contribution in [1.82, 2.24) is 5.32 Å². The standard InChI is InChI=1S/C12H12F5NO2/c1-7(8-4-3-5-9(6-8)20-2)18-10(19)11(13,14)12(15,16)17/h3-7H,1-2H3,(H,18,19). The minimum Gasteiger partial charge on any atom is -0.497 e. The normalized spacial score (nSPS) is 13.8. The average Bonchev–Trinajstić information content (AvgIpc) is 2.37. The predicted molar refractivity (Wildman–Crippen MR) is 60.6 cm³/mol. The zero-order valence-corrected chi connectivity index (χ0v) is 10.6. The van der Waals surface area contributed by atoms with Gasteiger partial charge in [0.15, 0.2) is 0 Å². The Balaban J connectivity index is 2.85. The quantitative estimate of drug-likeness (QED) is 0.867. The highest BCUT2D eigenvalue weighted by Gasteiger charge is 2.63. The number of alkyl halides is 5. The maximum absolute atomic E-state index is 12.8. The van der Waals surface area contributed by atoms with E-state index in [1.54, 1.807) is 11.4 Å². The molecule has 0 heterocycles. The van der Waals surface area contributed by atoms with E-state index < -0.39 is 24.0 Å². The Morgan fingerprint density at radius 2 is 1.85 bits per heavy atom. The summed E-state index contributed by atoms with van der Waals surface area (Å²) in [6.07, 6.45) is -5.93. The van der Waals surface area contributed by atoms with Crippen LogP contribution >= 0.6 is 0 Å². The van der Waals surface area contributed by atoms with Crippen LogP contribution in [0.25, 0.3) is 0 Å². The summed E-state index contributed by atoms with van der Waals surface area (Å²) in [7, 11) is 1.38. The van der Waals surface area contributed by atoms with Crippen LogP contribution < -0.4 is 10.1 Å². The Kier molecular flexibility index (Phi) is 4.57. The van der Waals surface area contributed by atoms with Gasteiger partial charge < -0.3 is 10.1 Å². The Morgan fingerprint density at radius 3 is 2.35 bits per heavy atom. The van der Waals surface area contributed by atoms with Crippen molar-refractivity contribution in [1.29, 1.82) is 0 Å². The smallest absolute Gasteiger partial charge is 0.463 e. The SMILES string of the molecule is COc1cccc(C(C)NC(=O)C(F)(F)C(F)(F)F)c1. The molecule has 0 aromatic heterocycles. The average molecular weight is 297 g/mol. The first kappa shape index (κ1) is 16.2. The van der Waals surface area contributed by atoms with Crippen molar-refractivity contribution in [3.8, 4) is 5.75 Å². The van der Waals surface area contributed by atoms with E-state index in [1.165, 1.54) is 32.2 Å². The third-order valence-electron chi connectivity index (χ3n) is 2.58. The number of ether oxygens (including phenoxy) is 1. The lowest BCUT2D eigenvalue weighted by molar-refractivity contribution is -0.270. The van der Waals surface area contributed by atoms with Gasteiger partial charge in [0.25, 0.3) is 0 Å². The number of halogens is 5. The maximum Gasteiger partial charge on any atom is 0.463 e. The molecule has 0 aliphatic heterocycles. The Morgan fingerprint density at radius 1 is 1.25 bits per heavy atom. The van der Waals surface area contributed by atoms with Gasteiger partial charge in [0, 0.05) is 0 Å². The van der Waals surface area contributed by atoms with Gasteiger partial charge in [-0.15, -0.1) is 0 Å². The number of carbonyl (C=O) groups excluding carboxylic acids is 1. The van der Waals surface area contributed by atoms with Crippen LogP contribution in [0.1, 0.15) is 18.5 Å². The van der Waals surface area contributed by atoms with Crippen LogP contribution in [0.5, 0.6) is 5.75 Å². The first-order chi connectivity index (χ1) is 9.09. The molecule has 3 nitrogen and oxygen atoms in total. The summed E-state index contributed by atoms with van der Waals surface area (Å²) >= 11 is 0. The molecule has 1 atom stereocenters. The van der Waals surface area contributed by atoms with E-state index in [1.807, 2.05) is 0 Å². The minimum absolute atomic E-state index is 0.343. The molecule has 1 amide bonds. The van der Waals surface area contributed by atoms with E-state index in [0.29, 0.717) is 11.3 Å². The Hall–Kier alpha value is -1.86. The maximum atomic E-state index is 12.8. The molecule has 0 radical (unpaired) electrons. The van der Waals surface area contributed by atoms with Crippen LogP contribution in [0.2, 0.25) is 0 Å². The van der Waals surface area contributed by atoms with E-state index >= 15 is 0 Å². The fourth-order valence-electron chi connectivity index (χ4n) is 1.41. The van der Waals surface area contributed by atoms with Gasteiger partial charge in [-0.05, 0) is 24.6 Å². The van der Waals surface area contributed by atoms with Crippen LogP contribution in [0, 0.1) is 0 Å². The monoisotopic (exact) mass is 297 g/mol. The molecule has 1 aromatic carbocycles. The van der Waals surface area contributed by atoms with Gasteiger partial charge in [0.2, 0.25) is 0 Å². The molecular formula is C12H12F5NO2. The molecule has 0 saturated carbocycles. The number of carbonyl (C=O) groups is 1. The van der Waals surface area contributed by atoms with Crippen molar-refractivity contribution in [2.24, 2.45) is 0 Å². The van der Waals surface area contributed by atoms with E-state index in [4.69, 9.17) is 4.74 Å². The van der Waals surface area contributed by atoms with Gasteiger partial charge in [-0.2, -0.15) is 22.0 Å². The van der Waals surface area contributed by atoms with Gasteiger partial charge >= 0.3 is 18.0 Å². The molecular weight excluding hydrogens is 285 g/mol. The number of methoxy groups -OCH3 is 1. The summed E-state index contributed by atoms with van der Waals surface area (Å²) in [4.78, 5) is 11.0. The van der Waals surface area contributed by atoms with Crippen molar-refractivity contribution in [3.05, 3.63) is 29.8 Å². The molecule has 0 fully saturated rings. The topological polar surface area (TPSA) is 38.3 Å². The second-order valence-electron chi connectivity index (χ2n) is 4.04. The van der Waals surface area contributed by atoms with Crippen LogP contribution in [-0.2, 0) is 4.79 Å². The third kappa shape index (κ3) is 3.37. The lowest BCUT2D eigenvalue weighted by Gasteiger charge is -2.22. The summed E-state index contributed by atoms with van der Waals surface area (Å²) < 4.78 is 66.5. The zero-order valence-electron chi connectivity index (χ0n) is 10.6. The molecule has 0 aliphatic rings. The Bertz CT molecular complexity index is 487. The first-order valence-electron chi connectivity index (χ1n) is 5.49. The predicted octanol–water partition coefficient (Wildman–Crippen LogP) is 3.07. The molecule has 1 unspecified atom stereocenters. The summed E-state index contributed by atoms with van der Waals surface area (Å²) in [5.41, 5.74) is 0.343. The van der Waals surface area contributed by atoms with Crippen molar-refractivity contribution in [2.45, 2.75) is 25.1 Å². The molecule has 0 spiro atoms. The van der Waals surface area contributed by atoms with Crippen LogP contribution in [0.15, 0.2) is 24.3 Å². The molecule has 20 heavy (non-hydrogen) atoms. The van der Waals surface area contributed by atoms with Gasteiger partial charge in [-0.3, -0.25) is 4.79 Å². The molecule has 8 heteroatoms. The number of nitrogens with one attached hydrogen (secondary N) is 1. The van der Waals surface area contributed by atoms with E-state index in [-0.39, 0.29) is 0 Å². The molecule has 112 valence electrons. The van der Waals surface area contributed by atoms with E-state index in [2.05, 4.69) is 0 Å². The molecule has 1 rings (SSSR count). The lowest BCUT2D eigenvalue weighted by atomic mass is 10.1. The number of hydrogen-bond acceptors (Lipinski definition) is 2. The third-order valence-corrected chi connectivity index (χ3v) is 2.58. The second kappa shape index (κ2) is 5.64. The first-order valence-corrected chi connectivity index (χ1v) is 5.49. The molecule has 0 saturated heterocycles. The van der Waals surface area contributed by atoms with Crippen molar-refractivity contribution in [3.63, 3.8) is 0 Å². The van der Waals surface area contributed by atoms with Crippen LogP contribution in [0.4, 0.5) is 22.0 Å². The summed E-state index contributed by atoms with van der Waals surface area (Å²) in [6.45, 7) is 1.29. The number of hydrogen-bond donors (Lipinski definition) is 1. The van der Waals surface area contributed by atoms with Crippen molar-refractivity contribution < 1.29 is 31.5 Å². The minimum atomic E-state index is -5.93. The summed E-state index contributed by atoms with van der Waals surface area (Å²) in [5.74, 6) is -7.42. The molecule has 0 bridgehead atoms. The van der Waals surface area contributed by atoms with Gasteiger partial charge in [0.1, 0.15) is 5.75 Å². The van der Waals surface area contributed by atoms with Crippen LogP contribution in [-0.4, -0.2) is 25.1 Å². The molecule has 1 aromatic rings. The highest BCUT2D eigenvalue weighted by Crippen LogP contribution is 2.36. The largest absolute Gasteiger partial charge is 0.497 e. The van der Waals surface area contributed by atoms with Crippen LogP contribution in [0.3, 0.4) is 0 Å². The van der Waals surface area contributed by atoms with E-state index in [0.717, 1.165) is 0 Å². The number of rotatable bonds is 4. The number of benzene rings is 1. The summed E-state index contributed by atoms with van der Waals surface area (Å²) in [5, 5.41) is 1.63. The van der Waals surface area contributed by atoms with Crippen molar-refractivity contribution >= 4 is 5.91 Å². The highest BCUT2D eigenvalue weighted by molar-refractivity contribution is 5.84. The molecule has 1 N–H and O–H groups in total. The van der Waals surface area contributed by atoms with Gasteiger partial charge in [-0.1, -0.05) is 12.1 Å². The highest BCUT2D eigenvalue weighted by atomic mass is 19.4. The fraction of sp³-hybridized carbons (Fsp3) is 0.417. The lowest BCUT2D eigenvalue weighted by Crippen LogP contribution is -2.50. The Labute approximate surface area is 111 Å². The summed E-state index contributed by atoms with van der Waals surface area (Å²) in [6, 6.07) is 4.97. The van der Waals surface area contributed by atoms with E-state index in [9.17, 15) is 26.7 Å². The van der Waals surface area contributed by atoms with Gasteiger partial charge in [-0.25, -0.2) is 0 Å². The van der Waals surface area contributed by atoms with Gasteiger partial charge in [0.05, 0.1) is 13.2 Å². The fourth-order valence-corrected chi connectivity index (χ4v) is 1.41.